The SMILES string of the molecule is CN(C)C(=O)[C@H]1CC[C@H](NC(=O)NC(=O)c2ccc(Cl)cc2)[C@H](N)C1. The maximum absolute atomic E-state index is 12.0. The smallest absolute Gasteiger partial charge is 0.321 e. The molecule has 0 bridgehead atoms. The maximum atomic E-state index is 12.0. The van der Waals surface area contributed by atoms with Crippen LogP contribution in [0.1, 0.15) is 29.6 Å². The van der Waals surface area contributed by atoms with Crippen molar-refractivity contribution in [1.82, 2.24) is 15.5 Å². The lowest BCUT2D eigenvalue weighted by molar-refractivity contribution is -0.134. The number of carbonyl (C=O) groups is 3. The molecule has 25 heavy (non-hydrogen) atoms. The molecular formula is C17H23ClN4O3. The number of carbonyl (C=O) groups excluding carboxylic acids is 3. The molecule has 4 amide bonds. The summed E-state index contributed by atoms with van der Waals surface area (Å²) in [5.74, 6) is -0.586. The molecule has 0 radical (unpaired) electrons. The monoisotopic (exact) mass is 366 g/mol. The molecule has 1 aromatic carbocycles. The fraction of sp³-hybridized carbons (Fsp3) is 0.471. The van der Waals surface area contributed by atoms with E-state index in [-0.39, 0.29) is 23.9 Å². The molecule has 0 spiro atoms. The molecule has 136 valence electrons. The molecule has 0 aromatic heterocycles. The Balaban J connectivity index is 1.85. The first-order chi connectivity index (χ1) is 11.8. The van der Waals surface area contributed by atoms with Gasteiger partial charge in [-0.05, 0) is 43.5 Å². The maximum Gasteiger partial charge on any atom is 0.321 e. The molecule has 1 aliphatic carbocycles. The van der Waals surface area contributed by atoms with Gasteiger partial charge in [-0.25, -0.2) is 4.79 Å². The molecule has 3 atom stereocenters. The van der Waals surface area contributed by atoms with Gasteiger partial charge in [0.05, 0.1) is 0 Å². The lowest BCUT2D eigenvalue weighted by atomic mass is 9.82. The highest BCUT2D eigenvalue weighted by atomic mass is 35.5. The van der Waals surface area contributed by atoms with E-state index in [1.807, 2.05) is 0 Å². The van der Waals surface area contributed by atoms with Crippen LogP contribution in [0.5, 0.6) is 0 Å². The van der Waals surface area contributed by atoms with Crippen LogP contribution >= 0.6 is 11.6 Å². The van der Waals surface area contributed by atoms with Crippen LogP contribution in [0.3, 0.4) is 0 Å². The van der Waals surface area contributed by atoms with Crippen molar-refractivity contribution < 1.29 is 14.4 Å². The van der Waals surface area contributed by atoms with Crippen molar-refractivity contribution in [1.29, 1.82) is 0 Å². The van der Waals surface area contributed by atoms with Crippen LogP contribution in [0.2, 0.25) is 5.02 Å². The van der Waals surface area contributed by atoms with Gasteiger partial charge in [-0.1, -0.05) is 11.6 Å². The van der Waals surface area contributed by atoms with E-state index in [4.69, 9.17) is 17.3 Å². The van der Waals surface area contributed by atoms with Crippen LogP contribution in [0.4, 0.5) is 4.79 Å². The summed E-state index contributed by atoms with van der Waals surface area (Å²) in [5, 5.41) is 5.51. The van der Waals surface area contributed by atoms with E-state index in [1.165, 1.54) is 12.1 Å². The van der Waals surface area contributed by atoms with Gasteiger partial charge in [0.2, 0.25) is 5.91 Å². The van der Waals surface area contributed by atoms with Gasteiger partial charge in [0, 0.05) is 42.7 Å². The topological polar surface area (TPSA) is 105 Å². The van der Waals surface area contributed by atoms with Gasteiger partial charge in [-0.15, -0.1) is 0 Å². The molecule has 0 heterocycles. The normalized spacial score (nSPS) is 22.8. The van der Waals surface area contributed by atoms with Gasteiger partial charge < -0.3 is 16.0 Å². The van der Waals surface area contributed by atoms with Crippen molar-refractivity contribution in [3.8, 4) is 0 Å². The molecule has 1 aliphatic rings. The summed E-state index contributed by atoms with van der Waals surface area (Å²) in [5.41, 5.74) is 6.44. The van der Waals surface area contributed by atoms with Gasteiger partial charge >= 0.3 is 6.03 Å². The molecular weight excluding hydrogens is 344 g/mol. The summed E-state index contributed by atoms with van der Waals surface area (Å²) in [7, 11) is 3.43. The van der Waals surface area contributed by atoms with E-state index in [9.17, 15) is 14.4 Å². The predicted molar refractivity (Wildman–Crippen MR) is 95.2 cm³/mol. The molecule has 4 N–H and O–H groups in total. The highest BCUT2D eigenvalue weighted by Crippen LogP contribution is 2.25. The Bertz CT molecular complexity index is 648. The number of benzene rings is 1. The Labute approximate surface area is 151 Å². The van der Waals surface area contributed by atoms with Gasteiger partial charge in [0.1, 0.15) is 0 Å². The van der Waals surface area contributed by atoms with E-state index in [0.29, 0.717) is 29.8 Å². The number of urea groups is 1. The zero-order valence-corrected chi connectivity index (χ0v) is 15.0. The third kappa shape index (κ3) is 5.17. The first-order valence-corrected chi connectivity index (χ1v) is 8.50. The number of nitrogens with zero attached hydrogens (tertiary/aromatic N) is 1. The van der Waals surface area contributed by atoms with E-state index >= 15 is 0 Å². The van der Waals surface area contributed by atoms with E-state index < -0.39 is 11.9 Å². The third-order valence-corrected chi connectivity index (χ3v) is 4.59. The molecule has 7 nitrogen and oxygen atoms in total. The van der Waals surface area contributed by atoms with Crippen molar-refractivity contribution in [3.63, 3.8) is 0 Å². The largest absolute Gasteiger partial charge is 0.349 e. The molecule has 0 aliphatic heterocycles. The summed E-state index contributed by atoms with van der Waals surface area (Å²) in [6.07, 6.45) is 1.75. The second-order valence-electron chi connectivity index (χ2n) is 6.45. The molecule has 0 saturated heterocycles. The number of nitrogens with two attached hydrogens (primary N) is 1. The molecule has 8 heteroatoms. The number of amides is 4. The van der Waals surface area contributed by atoms with Crippen LogP contribution in [0, 0.1) is 5.92 Å². The van der Waals surface area contributed by atoms with E-state index in [1.54, 1.807) is 31.1 Å². The zero-order valence-electron chi connectivity index (χ0n) is 14.3. The second-order valence-corrected chi connectivity index (χ2v) is 6.88. The summed E-state index contributed by atoms with van der Waals surface area (Å²) in [6.45, 7) is 0. The lowest BCUT2D eigenvalue weighted by Gasteiger charge is -2.34. The lowest BCUT2D eigenvalue weighted by Crippen LogP contribution is -2.55. The van der Waals surface area contributed by atoms with Crippen molar-refractivity contribution in [3.05, 3.63) is 34.9 Å². The third-order valence-electron chi connectivity index (χ3n) is 4.34. The summed E-state index contributed by atoms with van der Waals surface area (Å²) >= 11 is 5.77. The molecule has 1 fully saturated rings. The molecule has 1 saturated carbocycles. The average Bonchev–Trinajstić information content (AvgIpc) is 2.56. The molecule has 1 aromatic rings. The number of hydrogen-bond donors (Lipinski definition) is 3. The summed E-state index contributed by atoms with van der Waals surface area (Å²) < 4.78 is 0. The number of imide groups is 1. The zero-order chi connectivity index (χ0) is 18.6. The van der Waals surface area contributed by atoms with Crippen molar-refractivity contribution in [2.45, 2.75) is 31.3 Å². The fourth-order valence-corrected chi connectivity index (χ4v) is 3.08. The second kappa shape index (κ2) is 8.31. The summed E-state index contributed by atoms with van der Waals surface area (Å²) in [4.78, 5) is 37.6. The van der Waals surface area contributed by atoms with Crippen molar-refractivity contribution in [2.75, 3.05) is 14.1 Å². The van der Waals surface area contributed by atoms with Crippen molar-refractivity contribution >= 4 is 29.4 Å². The first-order valence-electron chi connectivity index (χ1n) is 8.12. The predicted octanol–water partition coefficient (Wildman–Crippen LogP) is 1.36. The minimum atomic E-state index is -0.599. The quantitative estimate of drug-likeness (QED) is 0.751. The minimum absolute atomic E-state index is 0.0521. The van der Waals surface area contributed by atoms with Crippen LogP contribution in [0.25, 0.3) is 0 Å². The van der Waals surface area contributed by atoms with Gasteiger partial charge in [0.15, 0.2) is 0 Å². The van der Waals surface area contributed by atoms with Gasteiger partial charge in [0.25, 0.3) is 5.91 Å². The van der Waals surface area contributed by atoms with Crippen LogP contribution in [0.15, 0.2) is 24.3 Å². The van der Waals surface area contributed by atoms with E-state index in [2.05, 4.69) is 10.6 Å². The fourth-order valence-electron chi connectivity index (χ4n) is 2.96. The standard InChI is InChI=1S/C17H23ClN4O3/c1-22(2)16(24)11-5-8-14(13(19)9-11)20-17(25)21-15(23)10-3-6-12(18)7-4-10/h3-4,6-7,11,13-14H,5,8-9,19H2,1-2H3,(H2,20,21,23,25)/t11-,13+,14-/m0/s1. The number of nitrogens with one attached hydrogen (secondary N) is 2. The minimum Gasteiger partial charge on any atom is -0.349 e. The number of halogens is 1. The van der Waals surface area contributed by atoms with Crippen molar-refractivity contribution in [2.24, 2.45) is 11.7 Å². The van der Waals surface area contributed by atoms with Gasteiger partial charge in [-0.3, -0.25) is 14.9 Å². The Morgan fingerprint density at radius 3 is 2.36 bits per heavy atom. The Kier molecular flexibility index (Phi) is 6.39. The Morgan fingerprint density at radius 2 is 1.80 bits per heavy atom. The Hall–Kier alpha value is -2.12. The summed E-state index contributed by atoms with van der Waals surface area (Å²) in [6, 6.07) is 5.02. The molecule has 2 rings (SSSR count). The number of hydrogen-bond acceptors (Lipinski definition) is 4. The van der Waals surface area contributed by atoms with Crippen LogP contribution in [-0.2, 0) is 4.79 Å². The van der Waals surface area contributed by atoms with Crippen LogP contribution < -0.4 is 16.4 Å². The number of rotatable bonds is 3. The Morgan fingerprint density at radius 1 is 1.16 bits per heavy atom. The van der Waals surface area contributed by atoms with Crippen LogP contribution in [-0.4, -0.2) is 48.9 Å². The van der Waals surface area contributed by atoms with Gasteiger partial charge in [-0.2, -0.15) is 0 Å². The average molecular weight is 367 g/mol. The molecule has 0 unspecified atom stereocenters. The van der Waals surface area contributed by atoms with E-state index in [0.717, 1.165) is 0 Å². The first kappa shape index (κ1) is 19.2. The highest BCUT2D eigenvalue weighted by molar-refractivity contribution is 6.30. The highest BCUT2D eigenvalue weighted by Gasteiger charge is 2.33.